The number of hydrogen-bond donors (Lipinski definition) is 1. The van der Waals surface area contributed by atoms with Gasteiger partial charge in [-0.1, -0.05) is 0 Å². The number of rotatable bonds is 3. The molecule has 0 aliphatic carbocycles. The van der Waals surface area contributed by atoms with Gasteiger partial charge in [-0.3, -0.25) is 9.67 Å². The lowest BCUT2D eigenvalue weighted by molar-refractivity contribution is -0.0711. The molecule has 3 rings (SSSR count). The Labute approximate surface area is 158 Å². The van der Waals surface area contributed by atoms with Gasteiger partial charge in [0, 0.05) is 11.8 Å². The third-order valence-electron chi connectivity index (χ3n) is 4.13. The number of amides is 1. The summed E-state index contributed by atoms with van der Waals surface area (Å²) >= 11 is 0. The lowest BCUT2D eigenvalue weighted by atomic mass is 10.2. The number of aromatic nitrogens is 4. The predicted octanol–water partition coefficient (Wildman–Crippen LogP) is 1.95. The number of morpholine rings is 1. The number of nitrogens with two attached hydrogens (primary N) is 1. The van der Waals surface area contributed by atoms with Gasteiger partial charge in [-0.2, -0.15) is 5.10 Å². The van der Waals surface area contributed by atoms with Crippen LogP contribution in [0, 0.1) is 0 Å². The van der Waals surface area contributed by atoms with Gasteiger partial charge in [0.2, 0.25) is 0 Å². The Kier molecular flexibility index (Phi) is 5.31. The molecule has 3 heterocycles. The van der Waals surface area contributed by atoms with Gasteiger partial charge >= 0.3 is 6.09 Å². The zero-order valence-corrected chi connectivity index (χ0v) is 16.1. The van der Waals surface area contributed by atoms with Crippen molar-refractivity contribution in [3.05, 3.63) is 24.8 Å². The zero-order valence-electron chi connectivity index (χ0n) is 16.1. The van der Waals surface area contributed by atoms with Crippen LogP contribution in [0.4, 0.5) is 10.6 Å². The highest BCUT2D eigenvalue weighted by Crippen LogP contribution is 2.19. The third kappa shape index (κ3) is 4.94. The Balaban J connectivity index is 1.64. The fraction of sp³-hybridized carbons (Fsp3) is 0.556. The van der Waals surface area contributed by atoms with E-state index in [0.29, 0.717) is 31.2 Å². The Morgan fingerprint density at radius 2 is 2.11 bits per heavy atom. The molecule has 0 radical (unpaired) electrons. The van der Waals surface area contributed by atoms with Crippen molar-refractivity contribution in [1.29, 1.82) is 0 Å². The molecular weight excluding hydrogens is 348 g/mol. The van der Waals surface area contributed by atoms with E-state index >= 15 is 0 Å². The number of nitrogens with zero attached hydrogens (tertiary/aromatic N) is 5. The smallest absolute Gasteiger partial charge is 0.410 e. The van der Waals surface area contributed by atoms with Gasteiger partial charge in [-0.05, 0) is 27.7 Å². The van der Waals surface area contributed by atoms with Crippen molar-refractivity contribution in [2.75, 3.05) is 18.9 Å². The normalized spacial score (nSPS) is 20.5. The van der Waals surface area contributed by atoms with Crippen molar-refractivity contribution in [2.45, 2.75) is 52.0 Å². The second-order valence-corrected chi connectivity index (χ2v) is 7.71. The number of hydrogen-bond acceptors (Lipinski definition) is 7. The van der Waals surface area contributed by atoms with E-state index in [0.717, 1.165) is 5.56 Å². The Morgan fingerprint density at radius 3 is 2.78 bits per heavy atom. The molecule has 1 amide bonds. The molecule has 1 saturated heterocycles. The average Bonchev–Trinajstić information content (AvgIpc) is 3.04. The molecule has 146 valence electrons. The standard InChI is InChI=1S/C18H26N6O3/c1-12-11-26-14(10-24(12)17(25)27-18(2,3)4)9-23-8-13(5-22-23)15-6-21-16(19)7-20-15/h5-8,12,14H,9-11H2,1-4H3,(H2,19,21)/t12?,14-/m1/s1. The minimum absolute atomic E-state index is 0.0330. The molecule has 0 bridgehead atoms. The maximum absolute atomic E-state index is 12.4. The second kappa shape index (κ2) is 7.51. The molecule has 1 fully saturated rings. The van der Waals surface area contributed by atoms with Gasteiger partial charge in [0.25, 0.3) is 0 Å². The Hall–Kier alpha value is -2.68. The first-order valence-corrected chi connectivity index (χ1v) is 8.93. The monoisotopic (exact) mass is 374 g/mol. The number of nitrogen functional groups attached to an aromatic ring is 1. The Morgan fingerprint density at radius 1 is 1.33 bits per heavy atom. The summed E-state index contributed by atoms with van der Waals surface area (Å²) in [5, 5.41) is 4.36. The maximum atomic E-state index is 12.4. The minimum Gasteiger partial charge on any atom is -0.444 e. The van der Waals surface area contributed by atoms with Crippen molar-refractivity contribution >= 4 is 11.9 Å². The fourth-order valence-electron chi connectivity index (χ4n) is 2.79. The average molecular weight is 374 g/mol. The second-order valence-electron chi connectivity index (χ2n) is 7.71. The summed E-state index contributed by atoms with van der Waals surface area (Å²) in [6.07, 6.45) is 6.23. The number of carbonyl (C=O) groups is 1. The van der Waals surface area contributed by atoms with E-state index < -0.39 is 5.60 Å². The van der Waals surface area contributed by atoms with E-state index in [1.165, 1.54) is 6.20 Å². The van der Waals surface area contributed by atoms with Gasteiger partial charge in [-0.25, -0.2) is 9.78 Å². The van der Waals surface area contributed by atoms with Crippen molar-refractivity contribution in [2.24, 2.45) is 0 Å². The molecule has 1 aliphatic heterocycles. The van der Waals surface area contributed by atoms with E-state index in [9.17, 15) is 4.79 Å². The van der Waals surface area contributed by atoms with Crippen LogP contribution in [-0.4, -0.2) is 61.6 Å². The summed E-state index contributed by atoms with van der Waals surface area (Å²) < 4.78 is 13.2. The zero-order chi connectivity index (χ0) is 19.6. The van der Waals surface area contributed by atoms with Crippen LogP contribution in [0.3, 0.4) is 0 Å². The van der Waals surface area contributed by atoms with Crippen LogP contribution in [0.25, 0.3) is 11.3 Å². The van der Waals surface area contributed by atoms with Gasteiger partial charge in [0.15, 0.2) is 0 Å². The first-order chi connectivity index (χ1) is 12.7. The van der Waals surface area contributed by atoms with Crippen molar-refractivity contribution in [3.63, 3.8) is 0 Å². The van der Waals surface area contributed by atoms with Gasteiger partial charge < -0.3 is 20.1 Å². The van der Waals surface area contributed by atoms with Crippen LogP contribution < -0.4 is 5.73 Å². The molecule has 0 saturated carbocycles. The summed E-state index contributed by atoms with van der Waals surface area (Å²) in [7, 11) is 0. The molecule has 2 aromatic heterocycles. The van der Waals surface area contributed by atoms with Crippen LogP contribution in [0.1, 0.15) is 27.7 Å². The number of ether oxygens (including phenoxy) is 2. The predicted molar refractivity (Wildman–Crippen MR) is 99.8 cm³/mol. The van der Waals surface area contributed by atoms with Crippen molar-refractivity contribution < 1.29 is 14.3 Å². The van der Waals surface area contributed by atoms with E-state index in [2.05, 4.69) is 15.1 Å². The molecule has 2 atom stereocenters. The van der Waals surface area contributed by atoms with Crippen LogP contribution >= 0.6 is 0 Å². The first kappa shape index (κ1) is 19.1. The number of anilines is 1. The molecule has 27 heavy (non-hydrogen) atoms. The van der Waals surface area contributed by atoms with Crippen LogP contribution in [-0.2, 0) is 16.0 Å². The highest BCUT2D eigenvalue weighted by Gasteiger charge is 2.33. The molecule has 9 heteroatoms. The van der Waals surface area contributed by atoms with Crippen LogP contribution in [0.5, 0.6) is 0 Å². The summed E-state index contributed by atoms with van der Waals surface area (Å²) in [6.45, 7) is 8.96. The summed E-state index contributed by atoms with van der Waals surface area (Å²) in [5.74, 6) is 0.373. The van der Waals surface area contributed by atoms with Gasteiger partial charge in [-0.15, -0.1) is 0 Å². The molecule has 2 aromatic rings. The topological polar surface area (TPSA) is 108 Å². The Bertz CT molecular complexity index is 783. The molecular formula is C18H26N6O3. The molecule has 0 spiro atoms. The van der Waals surface area contributed by atoms with Crippen LogP contribution in [0.2, 0.25) is 0 Å². The quantitative estimate of drug-likeness (QED) is 0.874. The van der Waals surface area contributed by atoms with Crippen LogP contribution in [0.15, 0.2) is 24.8 Å². The first-order valence-electron chi connectivity index (χ1n) is 8.93. The maximum Gasteiger partial charge on any atom is 0.410 e. The van der Waals surface area contributed by atoms with Crippen molar-refractivity contribution in [1.82, 2.24) is 24.6 Å². The molecule has 2 N–H and O–H groups in total. The molecule has 1 aliphatic rings. The summed E-state index contributed by atoms with van der Waals surface area (Å²) in [5.41, 5.74) is 6.58. The highest BCUT2D eigenvalue weighted by atomic mass is 16.6. The number of carbonyl (C=O) groups excluding carboxylic acids is 1. The summed E-state index contributed by atoms with van der Waals surface area (Å²) in [6, 6.07) is -0.0330. The van der Waals surface area contributed by atoms with E-state index in [-0.39, 0.29) is 18.2 Å². The molecule has 9 nitrogen and oxygen atoms in total. The third-order valence-corrected chi connectivity index (χ3v) is 4.13. The molecule has 0 aromatic carbocycles. The van der Waals surface area contributed by atoms with Gasteiger partial charge in [0.1, 0.15) is 11.4 Å². The van der Waals surface area contributed by atoms with Crippen molar-refractivity contribution in [3.8, 4) is 11.3 Å². The van der Waals surface area contributed by atoms with E-state index in [1.54, 1.807) is 22.0 Å². The minimum atomic E-state index is -0.526. The van der Waals surface area contributed by atoms with E-state index in [1.807, 2.05) is 33.9 Å². The SMILES string of the molecule is CC1CO[C@H](Cn2cc(-c3cnc(N)cn3)cn2)CN1C(=O)OC(C)(C)C. The lowest BCUT2D eigenvalue weighted by Crippen LogP contribution is -2.53. The lowest BCUT2D eigenvalue weighted by Gasteiger charge is -2.38. The summed E-state index contributed by atoms with van der Waals surface area (Å²) in [4.78, 5) is 22.4. The van der Waals surface area contributed by atoms with Gasteiger partial charge in [0.05, 0.1) is 56.1 Å². The van der Waals surface area contributed by atoms with E-state index in [4.69, 9.17) is 15.2 Å². The largest absolute Gasteiger partial charge is 0.444 e. The highest BCUT2D eigenvalue weighted by molar-refractivity contribution is 5.68. The fourth-order valence-corrected chi connectivity index (χ4v) is 2.79. The molecule has 1 unspecified atom stereocenters.